The van der Waals surface area contributed by atoms with Crippen molar-refractivity contribution in [2.75, 3.05) is 13.1 Å². The van der Waals surface area contributed by atoms with Gasteiger partial charge in [-0.2, -0.15) is 0 Å². The molecule has 0 radical (unpaired) electrons. The van der Waals surface area contributed by atoms with Crippen molar-refractivity contribution in [3.63, 3.8) is 0 Å². The quantitative estimate of drug-likeness (QED) is 0.767. The number of nitrogens with zero attached hydrogens (tertiary/aromatic N) is 1. The van der Waals surface area contributed by atoms with Gasteiger partial charge >= 0.3 is 0 Å². The first-order valence-corrected chi connectivity index (χ1v) is 6.54. The van der Waals surface area contributed by atoms with Gasteiger partial charge in [-0.05, 0) is 19.8 Å². The second-order valence-electron chi connectivity index (χ2n) is 4.92. The molecule has 96 valence electrons. The van der Waals surface area contributed by atoms with E-state index in [0.29, 0.717) is 12.0 Å². The molecule has 0 atom stereocenters. The largest absolute Gasteiger partial charge is 0.335 e. The monoisotopic (exact) mass is 245 g/mol. The molecule has 1 aliphatic rings. The fraction of sp³-hybridized carbons (Fsp3) is 0.467. The molecule has 18 heavy (non-hydrogen) atoms. The predicted octanol–water partition coefficient (Wildman–Crippen LogP) is 2.58. The Hall–Kier alpha value is -1.64. The highest BCUT2D eigenvalue weighted by atomic mass is 16.2. The molecule has 0 unspecified atom stereocenters. The summed E-state index contributed by atoms with van der Waals surface area (Å²) in [5.74, 6) is 0.151. The van der Waals surface area contributed by atoms with Crippen molar-refractivity contribution in [3.05, 3.63) is 35.4 Å². The van der Waals surface area contributed by atoms with Crippen molar-refractivity contribution in [3.8, 4) is 0 Å². The van der Waals surface area contributed by atoms with E-state index in [1.807, 2.05) is 31.2 Å². The number of carbonyl (C=O) groups is 2. The molecule has 3 heteroatoms. The molecule has 0 aromatic heterocycles. The van der Waals surface area contributed by atoms with Crippen LogP contribution < -0.4 is 0 Å². The minimum Gasteiger partial charge on any atom is -0.335 e. The Bertz CT molecular complexity index is 436. The fourth-order valence-electron chi connectivity index (χ4n) is 2.21. The zero-order valence-corrected chi connectivity index (χ0v) is 10.8. The van der Waals surface area contributed by atoms with Gasteiger partial charge in [0, 0.05) is 18.5 Å². The van der Waals surface area contributed by atoms with Crippen LogP contribution in [0.2, 0.25) is 0 Å². The summed E-state index contributed by atoms with van der Waals surface area (Å²) in [7, 11) is 0. The zero-order valence-electron chi connectivity index (χ0n) is 10.8. The van der Waals surface area contributed by atoms with E-state index < -0.39 is 0 Å². The normalized spacial score (nSPS) is 16.5. The molecule has 0 saturated carbocycles. The van der Waals surface area contributed by atoms with Gasteiger partial charge in [0.25, 0.3) is 0 Å². The lowest BCUT2D eigenvalue weighted by Crippen LogP contribution is -2.35. The van der Waals surface area contributed by atoms with Gasteiger partial charge in [0.2, 0.25) is 5.91 Å². The van der Waals surface area contributed by atoms with Gasteiger partial charge < -0.3 is 4.90 Å². The van der Waals surface area contributed by atoms with Gasteiger partial charge in [0.15, 0.2) is 5.78 Å². The van der Waals surface area contributed by atoms with Gasteiger partial charge in [0.05, 0.1) is 6.54 Å². The van der Waals surface area contributed by atoms with Crippen LogP contribution in [-0.2, 0) is 4.79 Å². The van der Waals surface area contributed by atoms with E-state index in [2.05, 4.69) is 0 Å². The third-order valence-corrected chi connectivity index (χ3v) is 3.38. The van der Waals surface area contributed by atoms with E-state index >= 15 is 0 Å². The van der Waals surface area contributed by atoms with Crippen LogP contribution in [0.1, 0.15) is 41.6 Å². The highest BCUT2D eigenvalue weighted by Crippen LogP contribution is 2.12. The summed E-state index contributed by atoms with van der Waals surface area (Å²) in [5.41, 5.74) is 1.83. The smallest absolute Gasteiger partial charge is 0.222 e. The van der Waals surface area contributed by atoms with Gasteiger partial charge in [0.1, 0.15) is 0 Å². The summed E-state index contributed by atoms with van der Waals surface area (Å²) in [4.78, 5) is 25.6. The molecule has 1 aliphatic heterocycles. The van der Waals surface area contributed by atoms with Crippen LogP contribution >= 0.6 is 0 Å². The zero-order chi connectivity index (χ0) is 13.0. The van der Waals surface area contributed by atoms with Crippen molar-refractivity contribution in [1.82, 2.24) is 4.90 Å². The Morgan fingerprint density at radius 1 is 1.17 bits per heavy atom. The average Bonchev–Trinajstić information content (AvgIpc) is 2.56. The Labute approximate surface area is 108 Å². The molecule has 0 aliphatic carbocycles. The van der Waals surface area contributed by atoms with Crippen molar-refractivity contribution in [2.24, 2.45) is 0 Å². The highest BCUT2D eigenvalue weighted by molar-refractivity contribution is 5.99. The van der Waals surface area contributed by atoms with E-state index in [4.69, 9.17) is 0 Å². The Balaban J connectivity index is 2.01. The second kappa shape index (κ2) is 5.80. The highest BCUT2D eigenvalue weighted by Gasteiger charge is 2.19. The molecule has 1 amide bonds. The van der Waals surface area contributed by atoms with Crippen molar-refractivity contribution >= 4 is 11.7 Å². The van der Waals surface area contributed by atoms with E-state index in [1.165, 1.54) is 0 Å². The second-order valence-corrected chi connectivity index (χ2v) is 4.92. The van der Waals surface area contributed by atoms with E-state index in [-0.39, 0.29) is 18.2 Å². The molecule has 0 spiro atoms. The number of hydrogen-bond acceptors (Lipinski definition) is 2. The third kappa shape index (κ3) is 3.19. The van der Waals surface area contributed by atoms with Crippen LogP contribution in [0.5, 0.6) is 0 Å². The fourth-order valence-corrected chi connectivity index (χ4v) is 2.21. The number of rotatable bonds is 3. The van der Waals surface area contributed by atoms with E-state index in [0.717, 1.165) is 31.4 Å². The molecular weight excluding hydrogens is 226 g/mol. The summed E-state index contributed by atoms with van der Waals surface area (Å²) in [6.07, 6.45) is 3.63. The Morgan fingerprint density at radius 2 is 1.89 bits per heavy atom. The summed E-state index contributed by atoms with van der Waals surface area (Å²) in [6, 6.07) is 7.52. The van der Waals surface area contributed by atoms with Crippen LogP contribution in [0.15, 0.2) is 24.3 Å². The molecular formula is C15H19NO2. The Kier molecular flexibility index (Phi) is 4.13. The number of aryl methyl sites for hydroxylation is 1. The molecule has 1 saturated heterocycles. The lowest BCUT2D eigenvalue weighted by molar-refractivity contribution is -0.130. The number of likely N-dealkylation sites (tertiary alicyclic amines) is 1. The minimum atomic E-state index is 0.0326. The molecule has 1 heterocycles. The van der Waals surface area contributed by atoms with Gasteiger partial charge in [-0.25, -0.2) is 0 Å². The van der Waals surface area contributed by atoms with E-state index in [9.17, 15) is 9.59 Å². The topological polar surface area (TPSA) is 37.4 Å². The van der Waals surface area contributed by atoms with Crippen molar-refractivity contribution < 1.29 is 9.59 Å². The minimum absolute atomic E-state index is 0.0326. The predicted molar refractivity (Wildman–Crippen MR) is 70.6 cm³/mol. The summed E-state index contributed by atoms with van der Waals surface area (Å²) < 4.78 is 0. The number of benzene rings is 1. The Morgan fingerprint density at radius 3 is 2.61 bits per heavy atom. The molecule has 3 nitrogen and oxygen atoms in total. The van der Waals surface area contributed by atoms with Crippen LogP contribution in [0, 0.1) is 6.92 Å². The first-order valence-electron chi connectivity index (χ1n) is 6.54. The maximum atomic E-state index is 12.1. The maximum Gasteiger partial charge on any atom is 0.222 e. The van der Waals surface area contributed by atoms with Gasteiger partial charge in [-0.15, -0.1) is 0 Å². The van der Waals surface area contributed by atoms with Crippen molar-refractivity contribution in [1.29, 1.82) is 0 Å². The molecule has 1 fully saturated rings. The lowest BCUT2D eigenvalue weighted by Gasteiger charge is -2.19. The van der Waals surface area contributed by atoms with Gasteiger partial charge in [-0.1, -0.05) is 36.2 Å². The number of Topliss-reactive ketones (excluding diaryl/α,β-unsaturated/α-hetero) is 1. The maximum absolute atomic E-state index is 12.1. The molecule has 2 rings (SSSR count). The SMILES string of the molecule is Cc1ccc(C(=O)CN2CCCCCC2=O)cc1. The van der Waals surface area contributed by atoms with Crippen molar-refractivity contribution in [2.45, 2.75) is 32.6 Å². The third-order valence-electron chi connectivity index (χ3n) is 3.38. The number of ketones is 1. The lowest BCUT2D eigenvalue weighted by atomic mass is 10.1. The first-order chi connectivity index (χ1) is 8.66. The standard InChI is InChI=1S/C15H19NO2/c1-12-6-8-13(9-7-12)14(17)11-16-10-4-2-3-5-15(16)18/h6-9H,2-5,10-11H2,1H3. The van der Waals surface area contributed by atoms with Crippen LogP contribution in [-0.4, -0.2) is 29.7 Å². The average molecular weight is 245 g/mol. The van der Waals surface area contributed by atoms with E-state index in [1.54, 1.807) is 4.90 Å². The summed E-state index contributed by atoms with van der Waals surface area (Å²) in [6.45, 7) is 2.94. The summed E-state index contributed by atoms with van der Waals surface area (Å²) >= 11 is 0. The number of amides is 1. The number of carbonyl (C=O) groups excluding carboxylic acids is 2. The molecule has 1 aromatic carbocycles. The van der Waals surface area contributed by atoms with Crippen LogP contribution in [0.3, 0.4) is 0 Å². The van der Waals surface area contributed by atoms with Crippen LogP contribution in [0.4, 0.5) is 0 Å². The molecule has 1 aromatic rings. The summed E-state index contributed by atoms with van der Waals surface area (Å²) in [5, 5.41) is 0. The van der Waals surface area contributed by atoms with Gasteiger partial charge in [-0.3, -0.25) is 9.59 Å². The number of hydrogen-bond donors (Lipinski definition) is 0. The van der Waals surface area contributed by atoms with Crippen LogP contribution in [0.25, 0.3) is 0 Å². The first kappa shape index (κ1) is 12.8. The molecule has 0 N–H and O–H groups in total. The molecule has 0 bridgehead atoms.